The molecule has 3 heteroatoms. The van der Waals surface area contributed by atoms with Gasteiger partial charge in [0.1, 0.15) is 0 Å². The van der Waals surface area contributed by atoms with Crippen LogP contribution in [0.4, 0.5) is 10.2 Å². The Hall–Kier alpha value is -1.09. The fraction of sp³-hybridized carbons (Fsp3) is 0.500. The second-order valence-corrected chi connectivity index (χ2v) is 4.02. The number of nitrogens with one attached hydrogen (secondary N) is 1. The number of halogens is 1. The van der Waals surface area contributed by atoms with Crippen LogP contribution in [0.2, 0.25) is 0 Å². The minimum Gasteiger partial charge on any atom is -0.372 e. The highest BCUT2D eigenvalue weighted by molar-refractivity contribution is 5.47. The van der Waals surface area contributed by atoms with Crippen LogP contribution < -0.4 is 10.4 Å². The molecule has 0 aromatic heterocycles. The number of hydrogen-bond acceptors (Lipinski definition) is 2. The molecule has 1 aromatic carbocycles. The van der Waals surface area contributed by atoms with Gasteiger partial charge in [0.15, 0.2) is 0 Å². The fourth-order valence-electron chi connectivity index (χ4n) is 2.05. The second-order valence-electron chi connectivity index (χ2n) is 4.02. The van der Waals surface area contributed by atoms with Crippen molar-refractivity contribution in [3.63, 3.8) is 0 Å². The molecule has 1 N–H and O–H groups in total. The lowest BCUT2D eigenvalue weighted by molar-refractivity contribution is 0.330. The molecule has 0 bridgehead atoms. The first-order valence-electron chi connectivity index (χ1n) is 5.57. The number of piperidine rings is 1. The Morgan fingerprint density at radius 2 is 1.73 bits per heavy atom. The molecule has 0 spiro atoms. The van der Waals surface area contributed by atoms with E-state index >= 15 is 0 Å². The normalized spacial score (nSPS) is 16.7. The van der Waals surface area contributed by atoms with E-state index in [4.69, 9.17) is 0 Å². The van der Waals surface area contributed by atoms with Crippen LogP contribution in [0.15, 0.2) is 24.3 Å². The van der Waals surface area contributed by atoms with Crippen molar-refractivity contribution >= 4 is 5.69 Å². The van der Waals surface area contributed by atoms with E-state index < -0.39 is 0 Å². The van der Waals surface area contributed by atoms with Crippen LogP contribution in [0.3, 0.4) is 0 Å². The SMILES string of the molecule is FNCc1ccc(N2CCCCC2)cc1. The van der Waals surface area contributed by atoms with Crippen LogP contribution in [0, 0.1) is 0 Å². The molecule has 1 aliphatic rings. The van der Waals surface area contributed by atoms with E-state index in [1.807, 2.05) is 12.1 Å². The first-order valence-corrected chi connectivity index (χ1v) is 5.57. The summed E-state index contributed by atoms with van der Waals surface area (Å²) in [7, 11) is 0. The first kappa shape index (κ1) is 10.4. The monoisotopic (exact) mass is 208 g/mol. The lowest BCUT2D eigenvalue weighted by Crippen LogP contribution is -2.29. The van der Waals surface area contributed by atoms with Crippen molar-refractivity contribution in [2.24, 2.45) is 0 Å². The van der Waals surface area contributed by atoms with Crippen molar-refractivity contribution in [3.05, 3.63) is 29.8 Å². The summed E-state index contributed by atoms with van der Waals surface area (Å²) in [6.07, 6.45) is 3.92. The van der Waals surface area contributed by atoms with Gasteiger partial charge in [-0.2, -0.15) is 5.54 Å². The van der Waals surface area contributed by atoms with E-state index in [-0.39, 0.29) is 0 Å². The zero-order chi connectivity index (χ0) is 10.5. The minimum atomic E-state index is 0.292. The van der Waals surface area contributed by atoms with Crippen LogP contribution >= 0.6 is 0 Å². The molecule has 1 saturated heterocycles. The van der Waals surface area contributed by atoms with Crippen LogP contribution in [0.1, 0.15) is 24.8 Å². The highest BCUT2D eigenvalue weighted by Gasteiger charge is 2.10. The van der Waals surface area contributed by atoms with Gasteiger partial charge in [-0.05, 0) is 37.0 Å². The standard InChI is InChI=1S/C12H17FN2/c13-14-10-11-4-6-12(7-5-11)15-8-2-1-3-9-15/h4-7,14H,1-3,8-10H2. The van der Waals surface area contributed by atoms with Gasteiger partial charge in [0.25, 0.3) is 0 Å². The molecule has 0 saturated carbocycles. The third-order valence-electron chi connectivity index (χ3n) is 2.93. The number of benzene rings is 1. The molecule has 0 aliphatic carbocycles. The molecule has 0 atom stereocenters. The predicted molar refractivity (Wildman–Crippen MR) is 60.5 cm³/mol. The summed E-state index contributed by atoms with van der Waals surface area (Å²) in [5, 5.41) is 0. The topological polar surface area (TPSA) is 15.3 Å². The lowest BCUT2D eigenvalue weighted by Gasteiger charge is -2.28. The largest absolute Gasteiger partial charge is 0.372 e. The molecule has 2 rings (SSSR count). The van der Waals surface area contributed by atoms with Gasteiger partial charge in [-0.25, -0.2) is 0 Å². The summed E-state index contributed by atoms with van der Waals surface area (Å²) in [5.74, 6) is 0. The Balaban J connectivity index is 2.02. The molecule has 82 valence electrons. The average Bonchev–Trinajstić information content (AvgIpc) is 2.32. The minimum absolute atomic E-state index is 0.292. The van der Waals surface area contributed by atoms with E-state index in [1.54, 1.807) is 5.54 Å². The summed E-state index contributed by atoms with van der Waals surface area (Å²) in [6.45, 7) is 2.60. The van der Waals surface area contributed by atoms with Crippen LogP contribution in [-0.2, 0) is 6.54 Å². The van der Waals surface area contributed by atoms with Crippen molar-refractivity contribution in [1.82, 2.24) is 5.54 Å². The number of nitrogens with zero attached hydrogens (tertiary/aromatic N) is 1. The Morgan fingerprint density at radius 3 is 2.33 bits per heavy atom. The van der Waals surface area contributed by atoms with E-state index in [2.05, 4.69) is 17.0 Å². The maximum absolute atomic E-state index is 11.9. The van der Waals surface area contributed by atoms with Gasteiger partial charge >= 0.3 is 0 Å². The van der Waals surface area contributed by atoms with Gasteiger partial charge in [0.2, 0.25) is 0 Å². The Morgan fingerprint density at radius 1 is 1.07 bits per heavy atom. The quantitative estimate of drug-likeness (QED) is 0.768. The van der Waals surface area contributed by atoms with Gasteiger partial charge in [-0.15, -0.1) is 4.48 Å². The van der Waals surface area contributed by atoms with Gasteiger partial charge < -0.3 is 4.90 Å². The number of anilines is 1. The average molecular weight is 208 g/mol. The van der Waals surface area contributed by atoms with Gasteiger partial charge in [0.05, 0.1) is 6.54 Å². The summed E-state index contributed by atoms with van der Waals surface area (Å²) in [4.78, 5) is 2.40. The molecular formula is C12H17FN2. The summed E-state index contributed by atoms with van der Waals surface area (Å²) in [5.41, 5.74) is 3.92. The van der Waals surface area contributed by atoms with Crippen molar-refractivity contribution in [2.75, 3.05) is 18.0 Å². The summed E-state index contributed by atoms with van der Waals surface area (Å²) < 4.78 is 11.9. The molecule has 0 unspecified atom stereocenters. The highest BCUT2D eigenvalue weighted by atomic mass is 19.2. The van der Waals surface area contributed by atoms with E-state index in [0.717, 1.165) is 18.7 Å². The van der Waals surface area contributed by atoms with Crippen LogP contribution in [0.25, 0.3) is 0 Å². The van der Waals surface area contributed by atoms with Gasteiger partial charge in [0, 0.05) is 18.8 Å². The van der Waals surface area contributed by atoms with Crippen molar-refractivity contribution in [1.29, 1.82) is 0 Å². The smallest absolute Gasteiger partial charge is 0.0510 e. The molecular weight excluding hydrogens is 191 g/mol. The molecule has 2 nitrogen and oxygen atoms in total. The molecule has 1 aliphatic heterocycles. The van der Waals surface area contributed by atoms with E-state index in [1.165, 1.54) is 24.9 Å². The van der Waals surface area contributed by atoms with Crippen molar-refractivity contribution < 1.29 is 4.48 Å². The molecule has 0 amide bonds. The summed E-state index contributed by atoms with van der Waals surface area (Å²) >= 11 is 0. The Labute approximate surface area is 90.0 Å². The third kappa shape index (κ3) is 2.69. The van der Waals surface area contributed by atoms with Crippen molar-refractivity contribution in [2.45, 2.75) is 25.8 Å². The lowest BCUT2D eigenvalue weighted by atomic mass is 10.1. The van der Waals surface area contributed by atoms with E-state index in [9.17, 15) is 4.48 Å². The Bertz CT molecular complexity index is 291. The van der Waals surface area contributed by atoms with Crippen LogP contribution in [-0.4, -0.2) is 13.1 Å². The van der Waals surface area contributed by atoms with Gasteiger partial charge in [-0.1, -0.05) is 12.1 Å². The van der Waals surface area contributed by atoms with E-state index in [0.29, 0.717) is 6.54 Å². The molecule has 1 heterocycles. The first-order chi connectivity index (χ1) is 7.40. The fourth-order valence-corrected chi connectivity index (χ4v) is 2.05. The predicted octanol–water partition coefficient (Wildman–Crippen LogP) is 2.65. The zero-order valence-corrected chi connectivity index (χ0v) is 8.88. The maximum Gasteiger partial charge on any atom is 0.0510 e. The second kappa shape index (κ2) is 5.12. The number of rotatable bonds is 3. The van der Waals surface area contributed by atoms with Crippen molar-refractivity contribution in [3.8, 4) is 0 Å². The summed E-state index contributed by atoms with van der Waals surface area (Å²) in [6, 6.07) is 8.13. The molecule has 1 aromatic rings. The molecule has 0 radical (unpaired) electrons. The van der Waals surface area contributed by atoms with Gasteiger partial charge in [-0.3, -0.25) is 0 Å². The zero-order valence-electron chi connectivity index (χ0n) is 8.88. The highest BCUT2D eigenvalue weighted by Crippen LogP contribution is 2.20. The Kier molecular flexibility index (Phi) is 3.56. The number of hydrogen-bond donors (Lipinski definition) is 1. The van der Waals surface area contributed by atoms with Crippen LogP contribution in [0.5, 0.6) is 0 Å². The third-order valence-corrected chi connectivity index (χ3v) is 2.93. The maximum atomic E-state index is 11.9. The molecule has 1 fully saturated rings. The molecule has 15 heavy (non-hydrogen) atoms.